The van der Waals surface area contributed by atoms with E-state index in [1.807, 2.05) is 7.11 Å². The molecule has 1 aromatic rings. The van der Waals surface area contributed by atoms with Gasteiger partial charge in [-0.3, -0.25) is 0 Å². The smallest absolute Gasteiger partial charge is 0.0575 e. The van der Waals surface area contributed by atoms with Gasteiger partial charge in [-0.05, 0) is 24.3 Å². The Hall–Kier alpha value is -0.860. The van der Waals surface area contributed by atoms with Crippen molar-refractivity contribution >= 4 is 0 Å². The molecule has 0 aliphatic heterocycles. The van der Waals surface area contributed by atoms with Crippen LogP contribution in [0.2, 0.25) is 0 Å². The number of rotatable bonds is 5. The minimum absolute atomic E-state index is 0.211. The highest BCUT2D eigenvalue weighted by molar-refractivity contribution is 5.14. The van der Waals surface area contributed by atoms with Gasteiger partial charge >= 0.3 is 0 Å². The van der Waals surface area contributed by atoms with Gasteiger partial charge in [0.25, 0.3) is 0 Å². The normalized spacial score (nSPS) is 19.0. The summed E-state index contributed by atoms with van der Waals surface area (Å²) in [6.45, 7) is 5.56. The molecule has 1 aromatic carbocycles. The van der Waals surface area contributed by atoms with E-state index in [1.165, 1.54) is 37.7 Å². The molecular formula is C17H27NO. The predicted octanol–water partition coefficient (Wildman–Crippen LogP) is 4.41. The summed E-state index contributed by atoms with van der Waals surface area (Å²) < 4.78 is 0. The zero-order valence-electron chi connectivity index (χ0n) is 12.6. The maximum absolute atomic E-state index is 5.79. The van der Waals surface area contributed by atoms with Crippen molar-refractivity contribution in [3.05, 3.63) is 35.9 Å². The monoisotopic (exact) mass is 261 g/mol. The lowest BCUT2D eigenvalue weighted by Crippen LogP contribution is -2.52. The van der Waals surface area contributed by atoms with Crippen LogP contribution < -0.4 is 0 Å². The molecule has 0 amide bonds. The maximum Gasteiger partial charge on any atom is 0.0575 e. The van der Waals surface area contributed by atoms with Gasteiger partial charge in [-0.2, -0.15) is 5.06 Å². The van der Waals surface area contributed by atoms with Gasteiger partial charge in [0.05, 0.1) is 7.11 Å². The second-order valence-corrected chi connectivity index (χ2v) is 6.02. The summed E-state index contributed by atoms with van der Waals surface area (Å²) >= 11 is 0. The topological polar surface area (TPSA) is 12.5 Å². The van der Waals surface area contributed by atoms with Crippen LogP contribution >= 0.6 is 0 Å². The van der Waals surface area contributed by atoms with Crippen LogP contribution in [0.3, 0.4) is 0 Å². The molecule has 0 saturated heterocycles. The highest BCUT2D eigenvalue weighted by atomic mass is 16.7. The summed E-state index contributed by atoms with van der Waals surface area (Å²) in [4.78, 5) is 5.79. The van der Waals surface area contributed by atoms with Crippen molar-refractivity contribution in [3.8, 4) is 0 Å². The second-order valence-electron chi connectivity index (χ2n) is 6.02. The van der Waals surface area contributed by atoms with Crippen LogP contribution in [-0.4, -0.2) is 17.7 Å². The quantitative estimate of drug-likeness (QED) is 0.728. The van der Waals surface area contributed by atoms with Crippen LogP contribution in [0.4, 0.5) is 0 Å². The van der Waals surface area contributed by atoms with Crippen LogP contribution in [0.15, 0.2) is 30.3 Å². The average Bonchev–Trinajstić information content (AvgIpc) is 2.46. The highest BCUT2D eigenvalue weighted by Crippen LogP contribution is 2.40. The van der Waals surface area contributed by atoms with E-state index in [4.69, 9.17) is 4.84 Å². The van der Waals surface area contributed by atoms with Crippen LogP contribution in [0.25, 0.3) is 0 Å². The Balaban J connectivity index is 2.17. The fraction of sp³-hybridized carbons (Fsp3) is 0.647. The van der Waals surface area contributed by atoms with Crippen molar-refractivity contribution in [3.63, 3.8) is 0 Å². The standard InChI is InChI=1S/C17H27NO/c1-15(2)17(12-8-5-9-13-17)18(19-3)14-16-10-6-4-7-11-16/h4,6-7,10-11,15H,5,8-9,12-14H2,1-3H3. The second kappa shape index (κ2) is 6.53. The lowest BCUT2D eigenvalue weighted by molar-refractivity contribution is -0.232. The van der Waals surface area contributed by atoms with Crippen LogP contribution in [0.1, 0.15) is 51.5 Å². The molecule has 2 heteroatoms. The Kier molecular flexibility index (Phi) is 5.00. The van der Waals surface area contributed by atoms with Crippen molar-refractivity contribution in [2.75, 3.05) is 7.11 Å². The summed E-state index contributed by atoms with van der Waals surface area (Å²) in [6.07, 6.45) is 6.54. The van der Waals surface area contributed by atoms with E-state index < -0.39 is 0 Å². The third kappa shape index (κ3) is 3.18. The Labute approximate surface area is 117 Å². The van der Waals surface area contributed by atoms with Crippen molar-refractivity contribution in [1.82, 2.24) is 5.06 Å². The Bertz CT molecular complexity index is 368. The Morgan fingerprint density at radius 2 is 1.74 bits per heavy atom. The fourth-order valence-electron chi connectivity index (χ4n) is 3.43. The summed E-state index contributed by atoms with van der Waals surface area (Å²) in [6, 6.07) is 10.6. The first-order valence-corrected chi connectivity index (χ1v) is 7.55. The molecular weight excluding hydrogens is 234 g/mol. The van der Waals surface area contributed by atoms with E-state index in [0.717, 1.165) is 6.54 Å². The highest BCUT2D eigenvalue weighted by Gasteiger charge is 2.41. The molecule has 2 nitrogen and oxygen atoms in total. The summed E-state index contributed by atoms with van der Waals surface area (Å²) in [5, 5.41) is 2.24. The van der Waals surface area contributed by atoms with E-state index >= 15 is 0 Å². The lowest BCUT2D eigenvalue weighted by atomic mass is 9.73. The van der Waals surface area contributed by atoms with Gasteiger partial charge in [-0.15, -0.1) is 0 Å². The number of hydrogen-bond acceptors (Lipinski definition) is 2. The number of hydrogen-bond donors (Lipinski definition) is 0. The predicted molar refractivity (Wildman–Crippen MR) is 79.6 cm³/mol. The maximum atomic E-state index is 5.79. The lowest BCUT2D eigenvalue weighted by Gasteiger charge is -2.48. The number of hydroxylamine groups is 2. The summed E-state index contributed by atoms with van der Waals surface area (Å²) in [5.41, 5.74) is 1.54. The van der Waals surface area contributed by atoms with Crippen molar-refractivity contribution < 1.29 is 4.84 Å². The summed E-state index contributed by atoms with van der Waals surface area (Å²) in [7, 11) is 1.82. The Morgan fingerprint density at radius 3 is 2.26 bits per heavy atom. The molecule has 2 rings (SSSR count). The van der Waals surface area contributed by atoms with Gasteiger partial charge in [-0.1, -0.05) is 63.4 Å². The molecule has 0 heterocycles. The molecule has 0 radical (unpaired) electrons. The fourth-order valence-corrected chi connectivity index (χ4v) is 3.43. The molecule has 0 unspecified atom stereocenters. The van der Waals surface area contributed by atoms with Gasteiger partial charge in [0.15, 0.2) is 0 Å². The molecule has 0 N–H and O–H groups in total. The van der Waals surface area contributed by atoms with Gasteiger partial charge in [-0.25, -0.2) is 0 Å². The van der Waals surface area contributed by atoms with E-state index in [-0.39, 0.29) is 5.54 Å². The molecule has 106 valence electrons. The average molecular weight is 261 g/mol. The first-order chi connectivity index (χ1) is 9.19. The zero-order chi connectivity index (χ0) is 13.7. The molecule has 0 aromatic heterocycles. The molecule has 1 fully saturated rings. The molecule has 0 spiro atoms. The van der Waals surface area contributed by atoms with Gasteiger partial charge in [0.2, 0.25) is 0 Å². The molecule has 0 bridgehead atoms. The van der Waals surface area contributed by atoms with Gasteiger partial charge < -0.3 is 4.84 Å². The third-order valence-electron chi connectivity index (χ3n) is 4.68. The van der Waals surface area contributed by atoms with Crippen molar-refractivity contribution in [2.45, 2.75) is 58.0 Å². The largest absolute Gasteiger partial charge is 0.301 e. The minimum Gasteiger partial charge on any atom is -0.301 e. The molecule has 1 saturated carbocycles. The minimum atomic E-state index is 0.211. The van der Waals surface area contributed by atoms with E-state index in [9.17, 15) is 0 Å². The van der Waals surface area contributed by atoms with Crippen molar-refractivity contribution in [1.29, 1.82) is 0 Å². The van der Waals surface area contributed by atoms with Crippen LogP contribution in [0.5, 0.6) is 0 Å². The van der Waals surface area contributed by atoms with E-state index in [2.05, 4.69) is 49.2 Å². The first kappa shape index (κ1) is 14.5. The first-order valence-electron chi connectivity index (χ1n) is 7.55. The third-order valence-corrected chi connectivity index (χ3v) is 4.68. The van der Waals surface area contributed by atoms with Gasteiger partial charge in [0.1, 0.15) is 0 Å². The number of nitrogens with zero attached hydrogens (tertiary/aromatic N) is 1. The zero-order valence-corrected chi connectivity index (χ0v) is 12.6. The summed E-state index contributed by atoms with van der Waals surface area (Å²) in [5.74, 6) is 0.622. The van der Waals surface area contributed by atoms with Crippen LogP contribution in [0, 0.1) is 5.92 Å². The molecule has 1 aliphatic rings. The molecule has 19 heavy (non-hydrogen) atoms. The molecule has 0 atom stereocenters. The molecule has 1 aliphatic carbocycles. The van der Waals surface area contributed by atoms with E-state index in [0.29, 0.717) is 5.92 Å². The van der Waals surface area contributed by atoms with E-state index in [1.54, 1.807) is 0 Å². The van der Waals surface area contributed by atoms with Crippen LogP contribution in [-0.2, 0) is 11.4 Å². The SMILES string of the molecule is CON(Cc1ccccc1)C1(C(C)C)CCCCC1. The van der Waals surface area contributed by atoms with Crippen molar-refractivity contribution in [2.24, 2.45) is 5.92 Å². The Morgan fingerprint density at radius 1 is 1.11 bits per heavy atom. The van der Waals surface area contributed by atoms with Gasteiger partial charge in [0, 0.05) is 12.1 Å². The number of benzene rings is 1.